The average molecular weight is 534 g/mol. The van der Waals surface area contributed by atoms with Crippen molar-refractivity contribution < 1.29 is 18.0 Å². The molecule has 36 heavy (non-hydrogen) atoms. The molecule has 9 heteroatoms. The highest BCUT2D eigenvalue weighted by molar-refractivity contribution is 7.92. The van der Waals surface area contributed by atoms with Crippen LogP contribution < -0.4 is 9.62 Å². The molecule has 1 atom stereocenters. The van der Waals surface area contributed by atoms with Gasteiger partial charge in [-0.1, -0.05) is 67.3 Å². The summed E-state index contributed by atoms with van der Waals surface area (Å²) < 4.78 is 26.7. The lowest BCUT2D eigenvalue weighted by Gasteiger charge is -2.34. The summed E-state index contributed by atoms with van der Waals surface area (Å²) in [6, 6.07) is 11.9. The number of carbonyl (C=O) groups is 2. The van der Waals surface area contributed by atoms with Gasteiger partial charge in [0.05, 0.1) is 11.9 Å². The smallest absolute Gasteiger partial charge is 0.244 e. The third-order valence-electron chi connectivity index (χ3n) is 6.69. The normalized spacial score (nSPS) is 14.9. The minimum absolute atomic E-state index is 0.0968. The first kappa shape index (κ1) is 28.0. The number of rotatable bonds is 10. The Labute approximate surface area is 219 Å². The molecule has 2 amide bonds. The maximum atomic E-state index is 13.8. The summed E-state index contributed by atoms with van der Waals surface area (Å²) in [5.74, 6) is -0.684. The second-order valence-electron chi connectivity index (χ2n) is 9.59. The van der Waals surface area contributed by atoms with Crippen molar-refractivity contribution in [2.75, 3.05) is 17.1 Å². The van der Waals surface area contributed by atoms with Crippen molar-refractivity contribution in [1.82, 2.24) is 10.2 Å². The molecule has 2 aromatic carbocycles. The summed E-state index contributed by atoms with van der Waals surface area (Å²) in [6.07, 6.45) is 5.47. The molecule has 0 saturated heterocycles. The van der Waals surface area contributed by atoms with Gasteiger partial charge in [0.1, 0.15) is 12.6 Å². The van der Waals surface area contributed by atoms with Gasteiger partial charge in [-0.3, -0.25) is 13.9 Å². The molecule has 1 saturated carbocycles. The van der Waals surface area contributed by atoms with E-state index in [9.17, 15) is 18.0 Å². The summed E-state index contributed by atoms with van der Waals surface area (Å²) in [4.78, 5) is 28.6. The molecule has 196 valence electrons. The second-order valence-corrected chi connectivity index (χ2v) is 11.9. The number of sulfonamides is 1. The summed E-state index contributed by atoms with van der Waals surface area (Å²) in [6.45, 7) is 5.27. The van der Waals surface area contributed by atoms with Crippen molar-refractivity contribution in [3.63, 3.8) is 0 Å². The van der Waals surface area contributed by atoms with Crippen LogP contribution in [0.4, 0.5) is 5.69 Å². The molecule has 0 aromatic heterocycles. The van der Waals surface area contributed by atoms with Crippen molar-refractivity contribution in [3.05, 3.63) is 64.2 Å². The third-order valence-corrected chi connectivity index (χ3v) is 8.18. The molecular weight excluding hydrogens is 498 g/mol. The predicted molar refractivity (Wildman–Crippen MR) is 145 cm³/mol. The highest BCUT2D eigenvalue weighted by atomic mass is 35.5. The van der Waals surface area contributed by atoms with Crippen molar-refractivity contribution >= 4 is 39.1 Å². The Morgan fingerprint density at radius 1 is 1.11 bits per heavy atom. The van der Waals surface area contributed by atoms with Crippen LogP contribution in [0, 0.1) is 13.8 Å². The first-order valence-corrected chi connectivity index (χ1v) is 14.6. The average Bonchev–Trinajstić information content (AvgIpc) is 3.31. The number of nitrogens with zero attached hydrogens (tertiary/aromatic N) is 2. The number of aryl methyl sites for hydroxylation is 2. The van der Waals surface area contributed by atoms with Crippen LogP contribution in [0.3, 0.4) is 0 Å². The van der Waals surface area contributed by atoms with Crippen molar-refractivity contribution in [3.8, 4) is 0 Å². The molecule has 1 aliphatic rings. The Bertz CT molecular complexity index is 1200. The van der Waals surface area contributed by atoms with Gasteiger partial charge in [0.25, 0.3) is 0 Å². The maximum absolute atomic E-state index is 13.8. The van der Waals surface area contributed by atoms with E-state index in [-0.39, 0.29) is 18.5 Å². The number of hydrogen-bond donors (Lipinski definition) is 1. The minimum atomic E-state index is -3.78. The molecule has 1 fully saturated rings. The van der Waals surface area contributed by atoms with Crippen LogP contribution in [0.15, 0.2) is 42.5 Å². The minimum Gasteiger partial charge on any atom is -0.352 e. The number of hydrogen-bond acceptors (Lipinski definition) is 4. The van der Waals surface area contributed by atoms with Gasteiger partial charge >= 0.3 is 0 Å². The Kier molecular flexibility index (Phi) is 9.41. The van der Waals surface area contributed by atoms with Gasteiger partial charge < -0.3 is 10.2 Å². The third kappa shape index (κ3) is 7.01. The van der Waals surface area contributed by atoms with Crippen molar-refractivity contribution in [2.24, 2.45) is 0 Å². The number of carbonyl (C=O) groups excluding carboxylic acids is 2. The quantitative estimate of drug-likeness (QED) is 0.484. The van der Waals surface area contributed by atoms with Crippen LogP contribution in [0.1, 0.15) is 55.7 Å². The van der Waals surface area contributed by atoms with E-state index in [1.54, 1.807) is 18.2 Å². The summed E-state index contributed by atoms with van der Waals surface area (Å²) in [5, 5.41) is 3.58. The monoisotopic (exact) mass is 533 g/mol. The molecule has 3 rings (SSSR count). The fourth-order valence-corrected chi connectivity index (χ4v) is 5.88. The number of nitrogens with one attached hydrogen (secondary N) is 1. The van der Waals surface area contributed by atoms with Gasteiger partial charge in [-0.2, -0.15) is 0 Å². The largest absolute Gasteiger partial charge is 0.352 e. The fraction of sp³-hybridized carbons (Fsp3) is 0.481. The van der Waals surface area contributed by atoms with Crippen LogP contribution in [-0.4, -0.2) is 50.0 Å². The van der Waals surface area contributed by atoms with Gasteiger partial charge in [0, 0.05) is 17.6 Å². The maximum Gasteiger partial charge on any atom is 0.244 e. The molecule has 0 bridgehead atoms. The van der Waals surface area contributed by atoms with Crippen molar-refractivity contribution in [1.29, 1.82) is 0 Å². The number of anilines is 1. The molecule has 0 spiro atoms. The highest BCUT2D eigenvalue weighted by Crippen LogP contribution is 2.26. The number of benzene rings is 2. The van der Waals surface area contributed by atoms with Crippen LogP contribution in [-0.2, 0) is 26.2 Å². The van der Waals surface area contributed by atoms with E-state index in [0.717, 1.165) is 47.4 Å². The Hall–Kier alpha value is -2.58. The molecule has 1 N–H and O–H groups in total. The van der Waals surface area contributed by atoms with Crippen molar-refractivity contribution in [2.45, 2.75) is 71.5 Å². The molecule has 0 aliphatic heterocycles. The first-order chi connectivity index (χ1) is 17.0. The Morgan fingerprint density at radius 3 is 2.36 bits per heavy atom. The standard InChI is InChI=1S/C27H36ClN3O4S/c1-5-24(27(33)29-22-11-7-8-12-22)30(17-21-10-6-9-13-23(21)28)26(32)18-31(36(4,34)35)25-15-14-19(2)16-20(25)3/h6,9-10,13-16,22,24H,5,7-8,11-12,17-18H2,1-4H3,(H,29,33). The van der Waals surface area contributed by atoms with E-state index >= 15 is 0 Å². The summed E-state index contributed by atoms with van der Waals surface area (Å²) in [7, 11) is -3.78. The van der Waals surface area contributed by atoms with E-state index in [4.69, 9.17) is 11.6 Å². The highest BCUT2D eigenvalue weighted by Gasteiger charge is 2.33. The summed E-state index contributed by atoms with van der Waals surface area (Å²) >= 11 is 6.40. The molecule has 7 nitrogen and oxygen atoms in total. The molecule has 0 radical (unpaired) electrons. The van der Waals surface area contributed by atoms with Gasteiger partial charge in [-0.25, -0.2) is 8.42 Å². The molecule has 2 aromatic rings. The Balaban J connectivity index is 1.95. The molecule has 1 aliphatic carbocycles. The SMILES string of the molecule is CCC(C(=O)NC1CCCC1)N(Cc1ccccc1Cl)C(=O)CN(c1ccc(C)cc1C)S(C)(=O)=O. The van der Waals surface area contributed by atoms with Crippen LogP contribution in [0.2, 0.25) is 5.02 Å². The van der Waals surface area contributed by atoms with Gasteiger partial charge in [-0.05, 0) is 56.4 Å². The summed E-state index contributed by atoms with van der Waals surface area (Å²) in [5.41, 5.74) is 2.87. The Morgan fingerprint density at radius 2 is 1.78 bits per heavy atom. The predicted octanol–water partition coefficient (Wildman–Crippen LogP) is 4.59. The number of amides is 2. The fourth-order valence-electron chi connectivity index (χ4n) is 4.78. The van der Waals surface area contributed by atoms with E-state index in [0.29, 0.717) is 22.7 Å². The zero-order valence-corrected chi connectivity index (χ0v) is 23.0. The lowest BCUT2D eigenvalue weighted by molar-refractivity contribution is -0.140. The van der Waals surface area contributed by atoms with Crippen LogP contribution in [0.5, 0.6) is 0 Å². The van der Waals surface area contributed by atoms with Gasteiger partial charge in [0.15, 0.2) is 0 Å². The van der Waals surface area contributed by atoms with Gasteiger partial charge in [0.2, 0.25) is 21.8 Å². The lowest BCUT2D eigenvalue weighted by atomic mass is 10.1. The van der Waals surface area contributed by atoms with E-state index in [1.807, 2.05) is 45.0 Å². The van der Waals surface area contributed by atoms with E-state index < -0.39 is 28.5 Å². The van der Waals surface area contributed by atoms with E-state index in [2.05, 4.69) is 5.32 Å². The van der Waals surface area contributed by atoms with Crippen LogP contribution >= 0.6 is 11.6 Å². The molecule has 1 unspecified atom stereocenters. The first-order valence-electron chi connectivity index (χ1n) is 12.4. The van der Waals surface area contributed by atoms with Crippen LogP contribution in [0.25, 0.3) is 0 Å². The zero-order chi connectivity index (χ0) is 26.5. The van der Waals surface area contributed by atoms with Gasteiger partial charge in [-0.15, -0.1) is 0 Å². The topological polar surface area (TPSA) is 86.8 Å². The number of halogens is 1. The lowest BCUT2D eigenvalue weighted by Crippen LogP contribution is -2.53. The van der Waals surface area contributed by atoms with E-state index in [1.165, 1.54) is 4.90 Å². The molecular formula is C27H36ClN3O4S. The second kappa shape index (κ2) is 12.1. The zero-order valence-electron chi connectivity index (χ0n) is 21.5. The molecule has 0 heterocycles.